The number of hydrogen-bond acceptors (Lipinski definition) is 4. The fourth-order valence-corrected chi connectivity index (χ4v) is 3.23. The molecule has 0 aliphatic carbocycles. The summed E-state index contributed by atoms with van der Waals surface area (Å²) in [5, 5.41) is 11.7. The first-order valence-electron chi connectivity index (χ1n) is 8.68. The number of hydrogen-bond donors (Lipinski definition) is 2. The number of carbonyl (C=O) groups excluding carboxylic acids is 2. The van der Waals surface area contributed by atoms with E-state index in [4.69, 9.17) is 5.11 Å². The van der Waals surface area contributed by atoms with Crippen LogP contribution in [0, 0.1) is 5.92 Å². The van der Waals surface area contributed by atoms with Crippen molar-refractivity contribution in [2.45, 2.75) is 32.7 Å². The lowest BCUT2D eigenvalue weighted by Gasteiger charge is -2.32. The van der Waals surface area contributed by atoms with Gasteiger partial charge in [0.1, 0.15) is 0 Å². The van der Waals surface area contributed by atoms with Gasteiger partial charge in [0.15, 0.2) is 0 Å². The van der Waals surface area contributed by atoms with E-state index >= 15 is 0 Å². The highest BCUT2D eigenvalue weighted by molar-refractivity contribution is 5.94. The van der Waals surface area contributed by atoms with Crippen molar-refractivity contribution in [2.75, 3.05) is 32.0 Å². The second kappa shape index (κ2) is 7.86. The van der Waals surface area contributed by atoms with Gasteiger partial charge in [-0.2, -0.15) is 0 Å². The average molecular weight is 361 g/mol. The SMILES string of the molecule is CN(CC(=O)Nc1cccc(C(=O)O)c1)C[C@H]1CC(=O)N(C(C)(C)C)C1. The zero-order chi connectivity index (χ0) is 19.5. The number of amides is 2. The topological polar surface area (TPSA) is 90.0 Å². The number of nitrogens with one attached hydrogen (secondary N) is 1. The molecule has 2 rings (SSSR count). The normalized spacial score (nSPS) is 17.7. The molecule has 0 spiro atoms. The Labute approximate surface area is 154 Å². The number of carboxylic acids is 1. The number of nitrogens with zero attached hydrogens (tertiary/aromatic N) is 2. The first-order chi connectivity index (χ1) is 12.1. The molecule has 0 bridgehead atoms. The van der Waals surface area contributed by atoms with E-state index in [1.165, 1.54) is 12.1 Å². The van der Waals surface area contributed by atoms with E-state index in [9.17, 15) is 14.4 Å². The van der Waals surface area contributed by atoms with Crippen LogP contribution in [0.4, 0.5) is 5.69 Å². The van der Waals surface area contributed by atoms with Crippen LogP contribution in [0.3, 0.4) is 0 Å². The van der Waals surface area contributed by atoms with E-state index in [1.807, 2.05) is 37.6 Å². The van der Waals surface area contributed by atoms with Gasteiger partial charge in [-0.05, 0) is 51.9 Å². The Morgan fingerprint density at radius 2 is 2.04 bits per heavy atom. The van der Waals surface area contributed by atoms with E-state index in [0.29, 0.717) is 25.2 Å². The third-order valence-electron chi connectivity index (χ3n) is 4.39. The van der Waals surface area contributed by atoms with Crippen molar-refractivity contribution in [3.8, 4) is 0 Å². The molecule has 0 radical (unpaired) electrons. The van der Waals surface area contributed by atoms with Crippen molar-refractivity contribution in [2.24, 2.45) is 5.92 Å². The summed E-state index contributed by atoms with van der Waals surface area (Å²) in [5.41, 5.74) is 0.401. The molecule has 1 atom stereocenters. The van der Waals surface area contributed by atoms with Crippen LogP contribution in [0.2, 0.25) is 0 Å². The monoisotopic (exact) mass is 361 g/mol. The van der Waals surface area contributed by atoms with Crippen molar-refractivity contribution in [3.63, 3.8) is 0 Å². The van der Waals surface area contributed by atoms with Crippen molar-refractivity contribution in [3.05, 3.63) is 29.8 Å². The van der Waals surface area contributed by atoms with Crippen molar-refractivity contribution in [1.29, 1.82) is 0 Å². The molecule has 1 fully saturated rings. The molecule has 7 heteroatoms. The van der Waals surface area contributed by atoms with E-state index in [-0.39, 0.29) is 35.4 Å². The fraction of sp³-hybridized carbons (Fsp3) is 0.526. The molecule has 0 saturated carbocycles. The smallest absolute Gasteiger partial charge is 0.335 e. The Bertz CT molecular complexity index is 696. The minimum Gasteiger partial charge on any atom is -0.478 e. The molecule has 7 nitrogen and oxygen atoms in total. The van der Waals surface area contributed by atoms with Gasteiger partial charge >= 0.3 is 5.97 Å². The summed E-state index contributed by atoms with van der Waals surface area (Å²) in [7, 11) is 1.84. The van der Waals surface area contributed by atoms with Crippen molar-refractivity contribution >= 4 is 23.5 Å². The summed E-state index contributed by atoms with van der Waals surface area (Å²) in [5.74, 6) is -0.889. The third kappa shape index (κ3) is 5.29. The Morgan fingerprint density at radius 1 is 1.35 bits per heavy atom. The van der Waals surface area contributed by atoms with Gasteiger partial charge < -0.3 is 15.3 Å². The predicted molar refractivity (Wildman–Crippen MR) is 99.1 cm³/mol. The first kappa shape index (κ1) is 19.9. The molecule has 1 aliphatic heterocycles. The minimum absolute atomic E-state index is 0.128. The van der Waals surface area contributed by atoms with E-state index in [0.717, 1.165) is 0 Å². The number of carboxylic acid groups (broad SMARTS) is 1. The summed E-state index contributed by atoms with van der Waals surface area (Å²) < 4.78 is 0. The van der Waals surface area contributed by atoms with Crippen LogP contribution in [0.25, 0.3) is 0 Å². The van der Waals surface area contributed by atoms with Gasteiger partial charge in [-0.1, -0.05) is 6.07 Å². The molecular weight excluding hydrogens is 334 g/mol. The zero-order valence-electron chi connectivity index (χ0n) is 15.8. The number of likely N-dealkylation sites (tertiary alicyclic amines) is 1. The van der Waals surface area contributed by atoms with Crippen LogP contribution in [0.1, 0.15) is 37.6 Å². The van der Waals surface area contributed by atoms with E-state index in [1.54, 1.807) is 12.1 Å². The van der Waals surface area contributed by atoms with Gasteiger partial charge in [0.05, 0.1) is 12.1 Å². The molecule has 1 heterocycles. The average Bonchev–Trinajstić information content (AvgIpc) is 2.87. The molecule has 2 amide bonds. The van der Waals surface area contributed by atoms with Gasteiger partial charge in [-0.15, -0.1) is 0 Å². The Balaban J connectivity index is 1.85. The quantitative estimate of drug-likeness (QED) is 0.808. The van der Waals surface area contributed by atoms with Crippen molar-refractivity contribution < 1.29 is 19.5 Å². The summed E-state index contributed by atoms with van der Waals surface area (Å²) in [6.45, 7) is 7.61. The number of anilines is 1. The zero-order valence-corrected chi connectivity index (χ0v) is 15.8. The lowest BCUT2D eigenvalue weighted by molar-refractivity contribution is -0.131. The molecule has 1 saturated heterocycles. The molecule has 0 aromatic heterocycles. The lowest BCUT2D eigenvalue weighted by Crippen LogP contribution is -2.43. The standard InChI is InChI=1S/C19H27N3O4/c1-19(2,3)22-11-13(8-17(22)24)10-21(4)12-16(23)20-15-7-5-6-14(9-15)18(25)26/h5-7,9,13H,8,10-12H2,1-4H3,(H,20,23)(H,25,26)/t13-/m1/s1. The molecule has 0 unspecified atom stereocenters. The highest BCUT2D eigenvalue weighted by Crippen LogP contribution is 2.26. The highest BCUT2D eigenvalue weighted by atomic mass is 16.4. The highest BCUT2D eigenvalue weighted by Gasteiger charge is 2.36. The summed E-state index contributed by atoms with van der Waals surface area (Å²) >= 11 is 0. The number of aromatic carboxylic acids is 1. The van der Waals surface area contributed by atoms with Crippen LogP contribution < -0.4 is 5.32 Å². The van der Waals surface area contributed by atoms with E-state index < -0.39 is 5.97 Å². The summed E-state index contributed by atoms with van der Waals surface area (Å²) in [6, 6.07) is 6.15. The van der Waals surface area contributed by atoms with Gasteiger partial charge in [-0.25, -0.2) is 4.79 Å². The van der Waals surface area contributed by atoms with Crippen molar-refractivity contribution in [1.82, 2.24) is 9.80 Å². The molecule has 2 N–H and O–H groups in total. The first-order valence-corrected chi connectivity index (χ1v) is 8.68. The molecule has 1 aliphatic rings. The fourth-order valence-electron chi connectivity index (χ4n) is 3.23. The van der Waals surface area contributed by atoms with Crippen LogP contribution in [-0.4, -0.2) is 64.9 Å². The lowest BCUT2D eigenvalue weighted by atomic mass is 10.1. The van der Waals surface area contributed by atoms with Gasteiger partial charge in [-0.3, -0.25) is 14.5 Å². The van der Waals surface area contributed by atoms with Crippen LogP contribution >= 0.6 is 0 Å². The molecule has 1 aromatic carbocycles. The maximum absolute atomic E-state index is 12.2. The molecular formula is C19H27N3O4. The largest absolute Gasteiger partial charge is 0.478 e. The van der Waals surface area contributed by atoms with Gasteiger partial charge in [0.25, 0.3) is 0 Å². The number of likely N-dealkylation sites (N-methyl/N-ethyl adjacent to an activating group) is 1. The minimum atomic E-state index is -1.03. The van der Waals surface area contributed by atoms with Crippen LogP contribution in [0.5, 0.6) is 0 Å². The molecule has 26 heavy (non-hydrogen) atoms. The second-order valence-corrected chi connectivity index (χ2v) is 7.88. The Morgan fingerprint density at radius 3 is 2.62 bits per heavy atom. The summed E-state index contributed by atoms with van der Waals surface area (Å²) in [6.07, 6.45) is 0.504. The number of carbonyl (C=O) groups is 3. The van der Waals surface area contributed by atoms with E-state index in [2.05, 4.69) is 5.32 Å². The van der Waals surface area contributed by atoms with Crippen LogP contribution in [0.15, 0.2) is 24.3 Å². The predicted octanol–water partition coefficient (Wildman–Crippen LogP) is 1.90. The Kier molecular flexibility index (Phi) is 6.02. The third-order valence-corrected chi connectivity index (χ3v) is 4.39. The number of benzene rings is 1. The summed E-state index contributed by atoms with van der Waals surface area (Å²) in [4.78, 5) is 39.1. The molecule has 1 aromatic rings. The second-order valence-electron chi connectivity index (χ2n) is 7.88. The molecule has 142 valence electrons. The van der Waals surface area contributed by atoms with Gasteiger partial charge in [0, 0.05) is 30.7 Å². The number of rotatable bonds is 6. The Hall–Kier alpha value is -2.41. The van der Waals surface area contributed by atoms with Gasteiger partial charge in [0.2, 0.25) is 11.8 Å². The maximum atomic E-state index is 12.2. The van der Waals surface area contributed by atoms with Crippen LogP contribution in [-0.2, 0) is 9.59 Å². The maximum Gasteiger partial charge on any atom is 0.335 e.